The molecule has 0 aliphatic heterocycles. The molecule has 0 spiro atoms. The van der Waals surface area contributed by atoms with Crippen LogP contribution in [-0.2, 0) is 9.59 Å². The molecule has 0 heterocycles. The first-order chi connectivity index (χ1) is 19.3. The monoisotopic (exact) mass is 609 g/mol. The molecule has 3 amide bonds. The minimum atomic E-state index is -0.561. The molecule has 0 aliphatic rings. The van der Waals surface area contributed by atoms with E-state index in [1.54, 1.807) is 91.0 Å². The zero-order chi connectivity index (χ0) is 28.5. The quantitative estimate of drug-likeness (QED) is 0.133. The maximum absolute atomic E-state index is 13.3. The maximum Gasteiger partial charge on any atom is 0.272 e. The summed E-state index contributed by atoms with van der Waals surface area (Å²) in [4.78, 5) is 39.3. The molecule has 3 N–H and O–H groups in total. The number of para-hydroxylation sites is 1. The van der Waals surface area contributed by atoms with Gasteiger partial charge in [-0.1, -0.05) is 77.3 Å². The number of thioether (sulfide) groups is 1. The highest BCUT2D eigenvalue weighted by molar-refractivity contribution is 8.00. The first kappa shape index (κ1) is 29.2. The third kappa shape index (κ3) is 8.37. The molecule has 202 valence electrons. The number of halogens is 3. The van der Waals surface area contributed by atoms with Crippen LogP contribution in [0.4, 0.5) is 11.4 Å². The Labute approximate surface area is 250 Å². The second-order valence-corrected chi connectivity index (χ2v) is 10.6. The van der Waals surface area contributed by atoms with Crippen molar-refractivity contribution in [3.63, 3.8) is 0 Å². The van der Waals surface area contributed by atoms with Crippen LogP contribution in [0.2, 0.25) is 15.1 Å². The lowest BCUT2D eigenvalue weighted by Crippen LogP contribution is -2.30. The molecular weight excluding hydrogens is 589 g/mol. The fraction of sp³-hybridized carbons (Fsp3) is 0.0333. The van der Waals surface area contributed by atoms with E-state index in [1.807, 2.05) is 6.07 Å². The predicted octanol–water partition coefficient (Wildman–Crippen LogP) is 7.79. The van der Waals surface area contributed by atoms with E-state index in [1.165, 1.54) is 17.8 Å². The molecule has 0 atom stereocenters. The molecule has 10 heteroatoms. The number of hydrogen-bond donors (Lipinski definition) is 3. The second-order valence-electron chi connectivity index (χ2n) is 8.34. The fourth-order valence-electron chi connectivity index (χ4n) is 3.48. The summed E-state index contributed by atoms with van der Waals surface area (Å²) in [7, 11) is 0. The van der Waals surface area contributed by atoms with Gasteiger partial charge in [-0.15, -0.1) is 11.8 Å². The van der Waals surface area contributed by atoms with Crippen molar-refractivity contribution in [2.45, 2.75) is 4.90 Å². The highest BCUT2D eigenvalue weighted by Gasteiger charge is 2.16. The predicted molar refractivity (Wildman–Crippen MR) is 164 cm³/mol. The highest BCUT2D eigenvalue weighted by atomic mass is 35.5. The number of carbonyl (C=O) groups excluding carboxylic acids is 3. The van der Waals surface area contributed by atoms with Crippen LogP contribution < -0.4 is 16.0 Å². The van der Waals surface area contributed by atoms with E-state index in [0.717, 1.165) is 4.90 Å². The second kappa shape index (κ2) is 14.1. The van der Waals surface area contributed by atoms with Crippen LogP contribution in [0.25, 0.3) is 6.08 Å². The Morgan fingerprint density at radius 1 is 0.750 bits per heavy atom. The highest BCUT2D eigenvalue weighted by Crippen LogP contribution is 2.26. The van der Waals surface area contributed by atoms with Gasteiger partial charge in [-0.3, -0.25) is 14.4 Å². The van der Waals surface area contributed by atoms with Crippen molar-refractivity contribution in [2.24, 2.45) is 0 Å². The molecule has 4 aromatic carbocycles. The molecule has 6 nitrogen and oxygen atoms in total. The Balaban J connectivity index is 1.48. The lowest BCUT2D eigenvalue weighted by Gasteiger charge is -2.13. The van der Waals surface area contributed by atoms with E-state index < -0.39 is 11.8 Å². The maximum atomic E-state index is 13.3. The number of anilines is 2. The molecule has 0 saturated carbocycles. The number of carbonyl (C=O) groups is 3. The zero-order valence-electron chi connectivity index (χ0n) is 20.8. The van der Waals surface area contributed by atoms with Gasteiger partial charge < -0.3 is 16.0 Å². The number of benzene rings is 4. The summed E-state index contributed by atoms with van der Waals surface area (Å²) in [5, 5.41) is 9.47. The van der Waals surface area contributed by atoms with Crippen molar-refractivity contribution in [3.05, 3.63) is 129 Å². The van der Waals surface area contributed by atoms with E-state index >= 15 is 0 Å². The van der Waals surface area contributed by atoms with E-state index in [4.69, 9.17) is 34.8 Å². The molecule has 0 bridgehead atoms. The van der Waals surface area contributed by atoms with Gasteiger partial charge >= 0.3 is 0 Å². The van der Waals surface area contributed by atoms with Crippen LogP contribution in [0.5, 0.6) is 0 Å². The summed E-state index contributed by atoms with van der Waals surface area (Å²) in [6.07, 6.45) is 1.48. The molecule has 4 rings (SSSR count). The van der Waals surface area contributed by atoms with Crippen molar-refractivity contribution < 1.29 is 14.4 Å². The minimum Gasteiger partial charge on any atom is -0.324 e. The van der Waals surface area contributed by atoms with Gasteiger partial charge in [0.15, 0.2) is 0 Å². The molecule has 0 unspecified atom stereocenters. The van der Waals surface area contributed by atoms with Gasteiger partial charge in [-0.25, -0.2) is 0 Å². The summed E-state index contributed by atoms with van der Waals surface area (Å²) in [5.41, 5.74) is 1.88. The lowest BCUT2D eigenvalue weighted by molar-refractivity contribution is -0.114. The Morgan fingerprint density at radius 3 is 2.25 bits per heavy atom. The van der Waals surface area contributed by atoms with E-state index in [9.17, 15) is 14.4 Å². The Bertz CT molecular complexity index is 1580. The number of nitrogens with one attached hydrogen (secondary N) is 3. The molecule has 0 aliphatic carbocycles. The average molecular weight is 611 g/mol. The van der Waals surface area contributed by atoms with Crippen LogP contribution >= 0.6 is 46.6 Å². The van der Waals surface area contributed by atoms with Crippen molar-refractivity contribution in [3.8, 4) is 0 Å². The average Bonchev–Trinajstić information content (AvgIpc) is 2.94. The summed E-state index contributed by atoms with van der Waals surface area (Å²) in [6, 6.07) is 27.4. The van der Waals surface area contributed by atoms with E-state index in [-0.39, 0.29) is 17.4 Å². The number of hydrogen-bond acceptors (Lipinski definition) is 4. The topological polar surface area (TPSA) is 87.3 Å². The van der Waals surface area contributed by atoms with E-state index in [0.29, 0.717) is 37.6 Å². The molecular formula is C30H22Cl3N3O3S. The third-order valence-corrected chi connectivity index (χ3v) is 7.29. The normalized spacial score (nSPS) is 11.0. The van der Waals surface area contributed by atoms with Crippen LogP contribution in [0.1, 0.15) is 15.9 Å². The van der Waals surface area contributed by atoms with Crippen molar-refractivity contribution in [1.29, 1.82) is 0 Å². The van der Waals surface area contributed by atoms with Gasteiger partial charge in [0.05, 0.1) is 16.5 Å². The Morgan fingerprint density at radius 2 is 1.50 bits per heavy atom. The van der Waals surface area contributed by atoms with Gasteiger partial charge in [0, 0.05) is 26.2 Å². The van der Waals surface area contributed by atoms with Crippen molar-refractivity contribution in [2.75, 3.05) is 16.4 Å². The third-order valence-electron chi connectivity index (χ3n) is 5.40. The fourth-order valence-corrected chi connectivity index (χ4v) is 4.88. The van der Waals surface area contributed by atoms with Crippen LogP contribution in [-0.4, -0.2) is 23.5 Å². The van der Waals surface area contributed by atoms with Gasteiger partial charge in [0.2, 0.25) is 5.91 Å². The molecule has 0 aromatic heterocycles. The molecule has 0 fully saturated rings. The largest absolute Gasteiger partial charge is 0.324 e. The summed E-state index contributed by atoms with van der Waals surface area (Å²) >= 11 is 19.7. The smallest absolute Gasteiger partial charge is 0.272 e. The van der Waals surface area contributed by atoms with Crippen LogP contribution in [0, 0.1) is 0 Å². The first-order valence-corrected chi connectivity index (χ1v) is 14.0. The van der Waals surface area contributed by atoms with Crippen LogP contribution in [0.15, 0.2) is 108 Å². The van der Waals surface area contributed by atoms with E-state index in [2.05, 4.69) is 16.0 Å². The molecule has 0 saturated heterocycles. The van der Waals surface area contributed by atoms with Gasteiger partial charge in [-0.05, 0) is 66.2 Å². The first-order valence-electron chi connectivity index (χ1n) is 11.9. The summed E-state index contributed by atoms with van der Waals surface area (Å²) < 4.78 is 0. The number of rotatable bonds is 9. The molecule has 40 heavy (non-hydrogen) atoms. The van der Waals surface area contributed by atoms with Crippen molar-refractivity contribution >= 4 is 81.7 Å². The summed E-state index contributed by atoms with van der Waals surface area (Å²) in [6.45, 7) is 0. The zero-order valence-corrected chi connectivity index (χ0v) is 23.9. The van der Waals surface area contributed by atoms with Crippen molar-refractivity contribution in [1.82, 2.24) is 5.32 Å². The Hall–Kier alpha value is -3.75. The molecule has 4 aromatic rings. The lowest BCUT2D eigenvalue weighted by atomic mass is 10.1. The number of amides is 3. The van der Waals surface area contributed by atoms with Gasteiger partial charge in [-0.2, -0.15) is 0 Å². The minimum absolute atomic E-state index is 0.0183. The Kier molecular flexibility index (Phi) is 10.3. The van der Waals surface area contributed by atoms with Gasteiger partial charge in [0.25, 0.3) is 11.8 Å². The molecule has 0 radical (unpaired) electrons. The SMILES string of the molecule is O=C(CSc1cccc(NC(=O)/C(=C\c2ccc(Cl)cc2Cl)NC(=O)c2ccccc2)c1)Nc1ccccc1Cl. The van der Waals surface area contributed by atoms with Crippen LogP contribution in [0.3, 0.4) is 0 Å². The summed E-state index contributed by atoms with van der Waals surface area (Å²) in [5.74, 6) is -1.10. The van der Waals surface area contributed by atoms with Gasteiger partial charge in [0.1, 0.15) is 5.70 Å². The standard InChI is InChI=1S/C30H22Cl3N3O3S/c31-21-14-13-20(25(33)16-21)15-27(36-29(38)19-7-2-1-3-8-19)30(39)34-22-9-6-10-23(17-22)40-18-28(37)35-26-12-5-4-11-24(26)32/h1-17H,18H2,(H,34,39)(H,35,37)(H,36,38)/b27-15+.